The summed E-state index contributed by atoms with van der Waals surface area (Å²) >= 11 is 0. The van der Waals surface area contributed by atoms with Crippen molar-refractivity contribution >= 4 is 0 Å². The summed E-state index contributed by atoms with van der Waals surface area (Å²) in [7, 11) is 1.95. The van der Waals surface area contributed by atoms with Gasteiger partial charge in [-0.1, -0.05) is 30.7 Å². The van der Waals surface area contributed by atoms with Crippen LogP contribution >= 0.6 is 0 Å². The maximum atomic E-state index is 6.35. The molecule has 0 spiro atoms. The maximum absolute atomic E-state index is 6.35. The summed E-state index contributed by atoms with van der Waals surface area (Å²) in [5.74, 6) is 0.783. The summed E-state index contributed by atoms with van der Waals surface area (Å²) in [5, 5.41) is 4.27. The first-order valence-electron chi connectivity index (χ1n) is 7.00. The molecule has 0 aliphatic heterocycles. The SMILES string of the molecule is Cc1c(C(N)c2ccc(C3CCC3)cc2)cnn1C. The molecule has 0 saturated heterocycles. The van der Waals surface area contributed by atoms with Gasteiger partial charge in [-0.2, -0.15) is 5.10 Å². The van der Waals surface area contributed by atoms with Crippen LogP contribution < -0.4 is 5.73 Å². The Labute approximate surface area is 114 Å². The molecule has 1 fully saturated rings. The average Bonchev–Trinajstić information content (AvgIpc) is 2.68. The second kappa shape index (κ2) is 4.82. The van der Waals surface area contributed by atoms with E-state index in [9.17, 15) is 0 Å². The van der Waals surface area contributed by atoms with Crippen LogP contribution in [0.1, 0.15) is 53.6 Å². The molecule has 2 aromatic rings. The Morgan fingerprint density at radius 1 is 1.26 bits per heavy atom. The van der Waals surface area contributed by atoms with Crippen LogP contribution in [0.5, 0.6) is 0 Å². The summed E-state index contributed by atoms with van der Waals surface area (Å²) in [6.45, 7) is 2.06. The predicted molar refractivity (Wildman–Crippen MR) is 77.0 cm³/mol. The van der Waals surface area contributed by atoms with E-state index in [1.54, 1.807) is 0 Å². The highest BCUT2D eigenvalue weighted by Gasteiger charge is 2.20. The van der Waals surface area contributed by atoms with Crippen LogP contribution in [0.3, 0.4) is 0 Å². The molecule has 3 nitrogen and oxygen atoms in total. The van der Waals surface area contributed by atoms with Crippen molar-refractivity contribution in [2.45, 2.75) is 38.1 Å². The topological polar surface area (TPSA) is 43.8 Å². The van der Waals surface area contributed by atoms with Gasteiger partial charge in [0.15, 0.2) is 0 Å². The van der Waals surface area contributed by atoms with Gasteiger partial charge in [0.1, 0.15) is 0 Å². The molecule has 19 heavy (non-hydrogen) atoms. The molecule has 0 bridgehead atoms. The number of hydrogen-bond acceptors (Lipinski definition) is 2. The quantitative estimate of drug-likeness (QED) is 0.916. The maximum Gasteiger partial charge on any atom is 0.0585 e. The van der Waals surface area contributed by atoms with E-state index in [0.717, 1.165) is 17.2 Å². The lowest BCUT2D eigenvalue weighted by Crippen LogP contribution is -2.13. The number of nitrogens with zero attached hydrogens (tertiary/aromatic N) is 2. The van der Waals surface area contributed by atoms with Gasteiger partial charge >= 0.3 is 0 Å². The molecule has 1 aliphatic rings. The summed E-state index contributed by atoms with van der Waals surface area (Å²) in [6, 6.07) is 8.74. The van der Waals surface area contributed by atoms with Crippen molar-refractivity contribution in [3.05, 3.63) is 52.8 Å². The van der Waals surface area contributed by atoms with Crippen molar-refractivity contribution in [2.75, 3.05) is 0 Å². The van der Waals surface area contributed by atoms with E-state index in [-0.39, 0.29) is 6.04 Å². The highest BCUT2D eigenvalue weighted by Crippen LogP contribution is 2.36. The molecule has 0 radical (unpaired) electrons. The Morgan fingerprint density at radius 2 is 1.95 bits per heavy atom. The molecule has 100 valence electrons. The Bertz CT molecular complexity index is 564. The number of hydrogen-bond donors (Lipinski definition) is 1. The Morgan fingerprint density at radius 3 is 2.42 bits per heavy atom. The molecule has 1 aromatic carbocycles. The molecule has 3 heteroatoms. The van der Waals surface area contributed by atoms with E-state index in [0.29, 0.717) is 0 Å². The third-order valence-electron chi connectivity index (χ3n) is 4.48. The lowest BCUT2D eigenvalue weighted by molar-refractivity contribution is 0.419. The Kier molecular flexibility index (Phi) is 3.15. The van der Waals surface area contributed by atoms with Crippen LogP contribution in [0, 0.1) is 6.92 Å². The van der Waals surface area contributed by atoms with Crippen molar-refractivity contribution in [3.63, 3.8) is 0 Å². The second-order valence-electron chi connectivity index (χ2n) is 5.58. The van der Waals surface area contributed by atoms with Crippen LogP contribution in [-0.4, -0.2) is 9.78 Å². The minimum atomic E-state index is -0.0795. The largest absolute Gasteiger partial charge is 0.320 e. The van der Waals surface area contributed by atoms with Crippen LogP contribution in [0.15, 0.2) is 30.5 Å². The van der Waals surface area contributed by atoms with Gasteiger partial charge in [0.2, 0.25) is 0 Å². The zero-order chi connectivity index (χ0) is 13.4. The zero-order valence-electron chi connectivity index (χ0n) is 11.6. The van der Waals surface area contributed by atoms with E-state index in [2.05, 4.69) is 36.3 Å². The lowest BCUT2D eigenvalue weighted by Gasteiger charge is -2.26. The molecule has 1 unspecified atom stereocenters. The summed E-state index contributed by atoms with van der Waals surface area (Å²) in [5.41, 5.74) is 11.2. The van der Waals surface area contributed by atoms with Gasteiger partial charge < -0.3 is 5.73 Å². The predicted octanol–water partition coefficient (Wildman–Crippen LogP) is 3.04. The standard InChI is InChI=1S/C16H21N3/c1-11-15(10-18-19(11)2)16(17)14-8-6-13(7-9-14)12-4-3-5-12/h6-10,12,16H,3-5,17H2,1-2H3. The van der Waals surface area contributed by atoms with Gasteiger partial charge in [-0.25, -0.2) is 0 Å². The molecule has 2 N–H and O–H groups in total. The monoisotopic (exact) mass is 255 g/mol. The summed E-state index contributed by atoms with van der Waals surface area (Å²) in [6.07, 6.45) is 5.93. The van der Waals surface area contributed by atoms with E-state index in [4.69, 9.17) is 5.73 Å². The third kappa shape index (κ3) is 2.19. The highest BCUT2D eigenvalue weighted by molar-refractivity contribution is 5.35. The van der Waals surface area contributed by atoms with Crippen LogP contribution in [0.4, 0.5) is 0 Å². The average molecular weight is 255 g/mol. The summed E-state index contributed by atoms with van der Waals surface area (Å²) < 4.78 is 1.87. The number of rotatable bonds is 3. The number of benzene rings is 1. The molecule has 0 amide bonds. The fourth-order valence-corrected chi connectivity index (χ4v) is 2.72. The minimum absolute atomic E-state index is 0.0795. The number of aryl methyl sites for hydroxylation is 1. The second-order valence-corrected chi connectivity index (χ2v) is 5.58. The molecule has 1 aromatic heterocycles. The van der Waals surface area contributed by atoms with Crippen molar-refractivity contribution in [1.29, 1.82) is 0 Å². The normalized spacial score (nSPS) is 17.2. The first-order chi connectivity index (χ1) is 9.16. The van der Waals surface area contributed by atoms with Crippen LogP contribution in [0.25, 0.3) is 0 Å². The number of aromatic nitrogens is 2. The highest BCUT2D eigenvalue weighted by atomic mass is 15.3. The fraction of sp³-hybridized carbons (Fsp3) is 0.438. The number of nitrogens with two attached hydrogens (primary N) is 1. The Balaban J connectivity index is 1.83. The molecular weight excluding hydrogens is 234 g/mol. The van der Waals surface area contributed by atoms with Gasteiger partial charge in [0.25, 0.3) is 0 Å². The first-order valence-corrected chi connectivity index (χ1v) is 7.00. The van der Waals surface area contributed by atoms with Crippen molar-refractivity contribution in [1.82, 2.24) is 9.78 Å². The first kappa shape index (κ1) is 12.4. The lowest BCUT2D eigenvalue weighted by atomic mass is 9.79. The van der Waals surface area contributed by atoms with Crippen molar-refractivity contribution in [3.8, 4) is 0 Å². The molecule has 1 heterocycles. The molecular formula is C16H21N3. The van der Waals surface area contributed by atoms with Gasteiger partial charge in [-0.15, -0.1) is 0 Å². The van der Waals surface area contributed by atoms with Crippen molar-refractivity contribution in [2.24, 2.45) is 12.8 Å². The summed E-state index contributed by atoms with van der Waals surface area (Å²) in [4.78, 5) is 0. The van der Waals surface area contributed by atoms with Crippen LogP contribution in [0.2, 0.25) is 0 Å². The van der Waals surface area contributed by atoms with Gasteiger partial charge in [0, 0.05) is 18.3 Å². The zero-order valence-corrected chi connectivity index (χ0v) is 11.6. The van der Waals surface area contributed by atoms with E-state index in [1.807, 2.05) is 17.9 Å². The van der Waals surface area contributed by atoms with Gasteiger partial charge in [0.05, 0.1) is 12.2 Å². The Hall–Kier alpha value is -1.61. The van der Waals surface area contributed by atoms with Gasteiger partial charge in [-0.3, -0.25) is 4.68 Å². The molecule has 1 aliphatic carbocycles. The fourth-order valence-electron chi connectivity index (χ4n) is 2.72. The van der Waals surface area contributed by atoms with Crippen LogP contribution in [-0.2, 0) is 7.05 Å². The van der Waals surface area contributed by atoms with Crippen molar-refractivity contribution < 1.29 is 0 Å². The van der Waals surface area contributed by atoms with Gasteiger partial charge in [-0.05, 0) is 36.8 Å². The van der Waals surface area contributed by atoms with E-state index >= 15 is 0 Å². The third-order valence-corrected chi connectivity index (χ3v) is 4.48. The molecule has 3 rings (SSSR count). The smallest absolute Gasteiger partial charge is 0.0585 e. The molecule has 1 atom stereocenters. The molecule has 1 saturated carbocycles. The minimum Gasteiger partial charge on any atom is -0.320 e. The van der Waals surface area contributed by atoms with E-state index < -0.39 is 0 Å². The van der Waals surface area contributed by atoms with E-state index in [1.165, 1.54) is 30.4 Å².